The van der Waals surface area contributed by atoms with Crippen LogP contribution in [-0.4, -0.2) is 33.8 Å². The van der Waals surface area contributed by atoms with E-state index in [0.29, 0.717) is 42.0 Å². The zero-order chi connectivity index (χ0) is 15.4. The van der Waals surface area contributed by atoms with Crippen LogP contribution in [-0.2, 0) is 6.42 Å². The molecule has 0 amide bonds. The molecular weight excluding hydrogens is 272 g/mol. The first-order chi connectivity index (χ1) is 10.1. The number of rotatable bonds is 5. The second-order valence-electron chi connectivity index (χ2n) is 4.55. The van der Waals surface area contributed by atoms with Crippen LogP contribution in [0, 0.1) is 0 Å². The Labute approximate surface area is 123 Å². The molecule has 0 radical (unpaired) electrons. The Kier molecular flexibility index (Phi) is 4.42. The molecule has 0 aromatic heterocycles. The minimum absolute atomic E-state index is 0.334. The molecule has 0 aliphatic carbocycles. The van der Waals surface area contributed by atoms with Crippen LogP contribution in [0.5, 0.6) is 17.2 Å². The molecule has 7 heteroatoms. The van der Waals surface area contributed by atoms with E-state index in [2.05, 4.69) is 10.3 Å². The molecule has 21 heavy (non-hydrogen) atoms. The van der Waals surface area contributed by atoms with Gasteiger partial charge in [-0.25, -0.2) is 4.99 Å². The zero-order valence-electron chi connectivity index (χ0n) is 12.4. The largest absolute Gasteiger partial charge is 0.493 e. The SMILES string of the molecule is COc1cc(CC2=C(N)NC(N)=NC2)cc(OC)c1OC. The van der Waals surface area contributed by atoms with Crippen molar-refractivity contribution in [3.05, 3.63) is 29.1 Å². The van der Waals surface area contributed by atoms with E-state index in [-0.39, 0.29) is 0 Å². The normalized spacial score (nSPS) is 14.3. The van der Waals surface area contributed by atoms with Crippen molar-refractivity contribution in [1.82, 2.24) is 5.32 Å². The van der Waals surface area contributed by atoms with Gasteiger partial charge in [-0.2, -0.15) is 0 Å². The third kappa shape index (κ3) is 3.13. The lowest BCUT2D eigenvalue weighted by Crippen LogP contribution is -2.38. The van der Waals surface area contributed by atoms with Crippen LogP contribution in [0.1, 0.15) is 5.56 Å². The second kappa shape index (κ2) is 6.25. The van der Waals surface area contributed by atoms with Gasteiger partial charge in [-0.1, -0.05) is 0 Å². The van der Waals surface area contributed by atoms with E-state index in [1.54, 1.807) is 21.3 Å². The average Bonchev–Trinajstić information content (AvgIpc) is 2.49. The highest BCUT2D eigenvalue weighted by molar-refractivity contribution is 5.80. The Hall–Kier alpha value is -2.57. The van der Waals surface area contributed by atoms with Gasteiger partial charge in [0.05, 0.1) is 27.9 Å². The van der Waals surface area contributed by atoms with Gasteiger partial charge in [0.25, 0.3) is 0 Å². The fraction of sp³-hybridized carbons (Fsp3) is 0.357. The Bertz CT molecular complexity index is 571. The van der Waals surface area contributed by atoms with Crippen molar-refractivity contribution in [2.24, 2.45) is 16.5 Å². The van der Waals surface area contributed by atoms with Gasteiger partial charge >= 0.3 is 0 Å². The molecule has 1 aromatic rings. The van der Waals surface area contributed by atoms with Crippen LogP contribution in [0.2, 0.25) is 0 Å². The smallest absolute Gasteiger partial charge is 0.203 e. The van der Waals surface area contributed by atoms with Gasteiger partial charge in [0.15, 0.2) is 17.5 Å². The van der Waals surface area contributed by atoms with Crippen molar-refractivity contribution in [3.63, 3.8) is 0 Å². The number of ether oxygens (including phenoxy) is 3. The fourth-order valence-electron chi connectivity index (χ4n) is 2.17. The third-order valence-corrected chi connectivity index (χ3v) is 3.23. The minimum Gasteiger partial charge on any atom is -0.493 e. The maximum absolute atomic E-state index is 5.93. The molecular formula is C14H20N4O3. The summed E-state index contributed by atoms with van der Waals surface area (Å²) in [5.74, 6) is 2.66. The van der Waals surface area contributed by atoms with E-state index in [1.165, 1.54) is 0 Å². The highest BCUT2D eigenvalue weighted by atomic mass is 16.5. The van der Waals surface area contributed by atoms with E-state index in [0.717, 1.165) is 11.1 Å². The summed E-state index contributed by atoms with van der Waals surface area (Å²) in [5.41, 5.74) is 13.5. The lowest BCUT2D eigenvalue weighted by atomic mass is 10.0. The Balaban J connectivity index is 2.31. The third-order valence-electron chi connectivity index (χ3n) is 3.23. The van der Waals surface area contributed by atoms with Gasteiger partial charge < -0.3 is 31.0 Å². The molecule has 7 nitrogen and oxygen atoms in total. The van der Waals surface area contributed by atoms with Gasteiger partial charge in [0.2, 0.25) is 5.75 Å². The van der Waals surface area contributed by atoms with E-state index in [1.807, 2.05) is 12.1 Å². The number of hydrogen-bond acceptors (Lipinski definition) is 7. The molecule has 0 bridgehead atoms. The van der Waals surface area contributed by atoms with Crippen molar-refractivity contribution >= 4 is 5.96 Å². The molecule has 0 atom stereocenters. The summed E-state index contributed by atoms with van der Waals surface area (Å²) in [6.07, 6.45) is 0.617. The van der Waals surface area contributed by atoms with Crippen LogP contribution in [0.15, 0.2) is 28.5 Å². The monoisotopic (exact) mass is 292 g/mol. The molecule has 0 saturated carbocycles. The lowest BCUT2D eigenvalue weighted by Gasteiger charge is -2.18. The van der Waals surface area contributed by atoms with Gasteiger partial charge in [0, 0.05) is 0 Å². The maximum atomic E-state index is 5.93. The van der Waals surface area contributed by atoms with Gasteiger partial charge in [-0.05, 0) is 29.7 Å². The number of hydrogen-bond donors (Lipinski definition) is 3. The van der Waals surface area contributed by atoms with Gasteiger partial charge in [-0.15, -0.1) is 0 Å². The highest BCUT2D eigenvalue weighted by Crippen LogP contribution is 2.38. The van der Waals surface area contributed by atoms with Gasteiger partial charge in [0.1, 0.15) is 5.82 Å². The standard InChI is InChI=1S/C14H20N4O3/c1-19-10-5-8(6-11(20-2)12(10)21-3)4-9-7-17-14(16)18-13(9)15/h5-6H,4,7,15H2,1-3H3,(H3,16,17,18). The highest BCUT2D eigenvalue weighted by Gasteiger charge is 2.16. The molecule has 0 saturated heterocycles. The number of benzene rings is 1. The summed E-state index contributed by atoms with van der Waals surface area (Å²) in [7, 11) is 4.74. The van der Waals surface area contributed by atoms with Crippen molar-refractivity contribution < 1.29 is 14.2 Å². The summed E-state index contributed by atoms with van der Waals surface area (Å²) in [5, 5.41) is 2.83. The van der Waals surface area contributed by atoms with Crippen molar-refractivity contribution in [1.29, 1.82) is 0 Å². The Morgan fingerprint density at radius 2 is 1.71 bits per heavy atom. The number of nitrogens with two attached hydrogens (primary N) is 2. The summed E-state index contributed by atoms with van der Waals surface area (Å²) < 4.78 is 16.0. The molecule has 5 N–H and O–H groups in total. The quantitative estimate of drug-likeness (QED) is 0.723. The maximum Gasteiger partial charge on any atom is 0.203 e. The van der Waals surface area contributed by atoms with Crippen LogP contribution in [0.4, 0.5) is 0 Å². The summed E-state index contributed by atoms with van der Waals surface area (Å²) >= 11 is 0. The topological polar surface area (TPSA) is 104 Å². The molecule has 0 fully saturated rings. The van der Waals surface area contributed by atoms with Crippen molar-refractivity contribution in [2.45, 2.75) is 6.42 Å². The molecule has 2 rings (SSSR count). The molecule has 0 spiro atoms. The fourth-order valence-corrected chi connectivity index (χ4v) is 2.17. The average molecular weight is 292 g/mol. The molecule has 1 aliphatic heterocycles. The first-order valence-corrected chi connectivity index (χ1v) is 6.42. The van der Waals surface area contributed by atoms with Gasteiger partial charge in [-0.3, -0.25) is 0 Å². The number of methoxy groups -OCH3 is 3. The van der Waals surface area contributed by atoms with Crippen LogP contribution < -0.4 is 31.0 Å². The molecule has 0 unspecified atom stereocenters. The Morgan fingerprint density at radius 3 is 2.19 bits per heavy atom. The zero-order valence-corrected chi connectivity index (χ0v) is 12.4. The van der Waals surface area contributed by atoms with Crippen molar-refractivity contribution in [2.75, 3.05) is 27.9 Å². The van der Waals surface area contributed by atoms with E-state index in [4.69, 9.17) is 25.7 Å². The first-order valence-electron chi connectivity index (χ1n) is 6.42. The summed E-state index contributed by atoms with van der Waals surface area (Å²) in [6, 6.07) is 3.78. The number of aliphatic imine (C=N–C) groups is 1. The molecule has 1 heterocycles. The number of nitrogens with one attached hydrogen (secondary N) is 1. The predicted octanol–water partition coefficient (Wildman–Crippen LogP) is 0.343. The minimum atomic E-state index is 0.334. The first kappa shape index (κ1) is 14.8. The summed E-state index contributed by atoms with van der Waals surface area (Å²) in [6.45, 7) is 0.474. The Morgan fingerprint density at radius 1 is 1.10 bits per heavy atom. The van der Waals surface area contributed by atoms with Crippen LogP contribution in [0.3, 0.4) is 0 Å². The lowest BCUT2D eigenvalue weighted by molar-refractivity contribution is 0.324. The van der Waals surface area contributed by atoms with Crippen LogP contribution in [0.25, 0.3) is 0 Å². The molecule has 1 aromatic carbocycles. The molecule has 1 aliphatic rings. The van der Waals surface area contributed by atoms with Crippen LogP contribution >= 0.6 is 0 Å². The molecule has 114 valence electrons. The van der Waals surface area contributed by atoms with E-state index < -0.39 is 0 Å². The number of nitrogens with zero attached hydrogens (tertiary/aromatic N) is 1. The summed E-state index contributed by atoms with van der Waals surface area (Å²) in [4.78, 5) is 4.14. The van der Waals surface area contributed by atoms with Crippen molar-refractivity contribution in [3.8, 4) is 17.2 Å². The second-order valence-corrected chi connectivity index (χ2v) is 4.55. The predicted molar refractivity (Wildman–Crippen MR) is 80.6 cm³/mol. The van der Waals surface area contributed by atoms with E-state index >= 15 is 0 Å². The van der Waals surface area contributed by atoms with E-state index in [9.17, 15) is 0 Å². The number of guanidine groups is 1.